The highest BCUT2D eigenvalue weighted by Gasteiger charge is 2.40. The van der Waals surface area contributed by atoms with E-state index in [1.807, 2.05) is 20.8 Å². The van der Waals surface area contributed by atoms with Crippen LogP contribution in [0.1, 0.15) is 27.7 Å². The van der Waals surface area contributed by atoms with Crippen molar-refractivity contribution in [3.63, 3.8) is 0 Å². The van der Waals surface area contributed by atoms with Crippen molar-refractivity contribution in [1.82, 2.24) is 0 Å². The van der Waals surface area contributed by atoms with Crippen LogP contribution in [0.25, 0.3) is 0 Å². The quantitative estimate of drug-likeness (QED) is 0.285. The summed E-state index contributed by atoms with van der Waals surface area (Å²) in [4.78, 5) is 0. The molecule has 0 aliphatic heterocycles. The zero-order chi connectivity index (χ0) is 15.5. The Morgan fingerprint density at radius 1 is 0.900 bits per heavy atom. The normalized spacial score (nSPS) is 12.8. The number of thioether (sulfide) groups is 1. The fraction of sp³-hybridized carbons (Fsp3) is 1.00. The van der Waals surface area contributed by atoms with Crippen molar-refractivity contribution in [2.24, 2.45) is 0 Å². The van der Waals surface area contributed by atoms with Crippen molar-refractivity contribution in [3.05, 3.63) is 0 Å². The summed E-state index contributed by atoms with van der Waals surface area (Å²) in [6.07, 6.45) is 0. The molecule has 122 valence electrons. The first-order chi connectivity index (χ1) is 9.45. The first-order valence-electron chi connectivity index (χ1n) is 6.82. The molecule has 20 heavy (non-hydrogen) atoms. The van der Waals surface area contributed by atoms with Gasteiger partial charge >= 0.3 is 8.80 Å². The van der Waals surface area contributed by atoms with Crippen LogP contribution in [0.3, 0.4) is 0 Å². The van der Waals surface area contributed by atoms with Gasteiger partial charge in [-0.3, -0.25) is 4.18 Å². The molecule has 0 spiro atoms. The summed E-state index contributed by atoms with van der Waals surface area (Å²) in [7, 11) is -6.10. The Labute approximate surface area is 128 Å². The van der Waals surface area contributed by atoms with E-state index in [2.05, 4.69) is 4.18 Å². The smallest absolute Gasteiger partial charge is 0.373 e. The maximum Gasteiger partial charge on any atom is 0.511 e. The van der Waals surface area contributed by atoms with E-state index in [0.29, 0.717) is 30.9 Å². The molecule has 0 amide bonds. The molecule has 0 rings (SSSR count). The van der Waals surface area contributed by atoms with Crippen molar-refractivity contribution in [2.75, 3.05) is 43.3 Å². The molecule has 0 N–H and O–H groups in total. The van der Waals surface area contributed by atoms with E-state index in [0.717, 1.165) is 0 Å². The monoisotopic (exact) mass is 346 g/mol. The summed E-state index contributed by atoms with van der Waals surface area (Å²) in [5.41, 5.74) is 0. The van der Waals surface area contributed by atoms with Crippen LogP contribution in [0.4, 0.5) is 0 Å². The lowest BCUT2D eigenvalue weighted by Crippen LogP contribution is -2.49. The molecule has 0 aromatic rings. The van der Waals surface area contributed by atoms with Crippen LogP contribution in [-0.4, -0.2) is 60.5 Å². The summed E-state index contributed by atoms with van der Waals surface area (Å²) >= 11 is 1.46. The van der Waals surface area contributed by atoms with Crippen molar-refractivity contribution in [2.45, 2.75) is 27.7 Å². The summed E-state index contributed by atoms with van der Waals surface area (Å²) in [6, 6.07) is 0. The third-order valence-electron chi connectivity index (χ3n) is 2.15. The van der Waals surface area contributed by atoms with Crippen LogP contribution >= 0.6 is 11.8 Å². The van der Waals surface area contributed by atoms with Crippen molar-refractivity contribution >= 4 is 30.7 Å². The van der Waals surface area contributed by atoms with Gasteiger partial charge in [-0.05, 0) is 27.7 Å². The SMILES string of the molecule is CCO[Si](CSCCS(=O)(=O)OCC)(OCC)OCC. The van der Waals surface area contributed by atoms with E-state index in [4.69, 9.17) is 13.3 Å². The molecule has 6 nitrogen and oxygen atoms in total. The Kier molecular flexibility index (Phi) is 11.2. The van der Waals surface area contributed by atoms with Crippen molar-refractivity contribution in [3.8, 4) is 0 Å². The third kappa shape index (κ3) is 8.60. The summed E-state index contributed by atoms with van der Waals surface area (Å²) in [5.74, 6) is 0.421. The van der Waals surface area contributed by atoms with E-state index in [-0.39, 0.29) is 12.4 Å². The van der Waals surface area contributed by atoms with Crippen LogP contribution in [0.15, 0.2) is 0 Å². The first kappa shape index (κ1) is 20.4. The Hall–Kier alpha value is 0.357. The van der Waals surface area contributed by atoms with Gasteiger partial charge in [0.25, 0.3) is 10.1 Å². The molecule has 9 heteroatoms. The van der Waals surface area contributed by atoms with Crippen LogP contribution in [-0.2, 0) is 27.6 Å². The average Bonchev–Trinajstić information content (AvgIpc) is 2.36. The molecule has 0 aromatic carbocycles. The molecular weight excluding hydrogens is 320 g/mol. The standard InChI is InChI=1S/C11H26O6S2Si/c1-5-14-19(12,13)10-9-18-11-20(15-6-2,16-7-3)17-8-4/h5-11H2,1-4H3. The van der Waals surface area contributed by atoms with Crippen LogP contribution < -0.4 is 0 Å². The average molecular weight is 347 g/mol. The molecular formula is C11H26O6S2Si. The van der Waals surface area contributed by atoms with Crippen molar-refractivity contribution < 1.29 is 25.9 Å². The van der Waals surface area contributed by atoms with Gasteiger partial charge in [0.1, 0.15) is 0 Å². The van der Waals surface area contributed by atoms with Gasteiger partial charge in [0.15, 0.2) is 0 Å². The predicted octanol–water partition coefficient (Wildman–Crippen LogP) is 1.67. The highest BCUT2D eigenvalue weighted by molar-refractivity contribution is 8.01. The van der Waals surface area contributed by atoms with E-state index in [1.165, 1.54) is 11.8 Å². The van der Waals surface area contributed by atoms with Gasteiger partial charge in [0.05, 0.1) is 17.7 Å². The number of hydrogen-bond donors (Lipinski definition) is 0. The third-order valence-corrected chi connectivity index (χ3v) is 8.61. The maximum absolute atomic E-state index is 11.4. The van der Waals surface area contributed by atoms with E-state index in [9.17, 15) is 8.42 Å². The predicted molar refractivity (Wildman–Crippen MR) is 83.4 cm³/mol. The number of hydrogen-bond acceptors (Lipinski definition) is 7. The molecule has 0 aliphatic rings. The minimum absolute atomic E-state index is 0.0135. The number of rotatable bonds is 13. The molecule has 0 heterocycles. The molecule has 0 atom stereocenters. The lowest BCUT2D eigenvalue weighted by atomic mass is 10.9. The van der Waals surface area contributed by atoms with Crippen LogP contribution in [0.2, 0.25) is 0 Å². The van der Waals surface area contributed by atoms with Gasteiger partial charge in [0.2, 0.25) is 0 Å². The van der Waals surface area contributed by atoms with E-state index in [1.54, 1.807) is 6.92 Å². The molecule has 0 fully saturated rings. The summed E-state index contributed by atoms with van der Waals surface area (Å²) in [6.45, 7) is 9.06. The van der Waals surface area contributed by atoms with Gasteiger partial charge in [-0.1, -0.05) is 0 Å². The highest BCUT2D eigenvalue weighted by atomic mass is 32.2. The second kappa shape index (κ2) is 11.0. The molecule has 0 unspecified atom stereocenters. The molecule has 0 bridgehead atoms. The van der Waals surface area contributed by atoms with Gasteiger partial charge in [-0.25, -0.2) is 0 Å². The van der Waals surface area contributed by atoms with E-state index >= 15 is 0 Å². The Balaban J connectivity index is 4.31. The van der Waals surface area contributed by atoms with Gasteiger partial charge < -0.3 is 13.3 Å². The van der Waals surface area contributed by atoms with Gasteiger partial charge in [-0.15, -0.1) is 0 Å². The lowest BCUT2D eigenvalue weighted by Gasteiger charge is -2.28. The van der Waals surface area contributed by atoms with E-state index < -0.39 is 18.9 Å². The minimum atomic E-state index is -3.41. The molecule has 0 saturated heterocycles. The first-order valence-corrected chi connectivity index (χ1v) is 11.5. The van der Waals surface area contributed by atoms with Crippen LogP contribution in [0, 0.1) is 0 Å². The van der Waals surface area contributed by atoms with Gasteiger partial charge in [0, 0.05) is 25.6 Å². The maximum atomic E-state index is 11.4. The molecule has 0 radical (unpaired) electrons. The fourth-order valence-electron chi connectivity index (χ4n) is 1.51. The summed E-state index contributed by atoms with van der Waals surface area (Å²) in [5, 5.41) is 0.546. The van der Waals surface area contributed by atoms with Gasteiger partial charge in [-0.2, -0.15) is 20.2 Å². The lowest BCUT2D eigenvalue weighted by molar-refractivity contribution is 0.0773. The van der Waals surface area contributed by atoms with Crippen LogP contribution in [0.5, 0.6) is 0 Å². The summed E-state index contributed by atoms with van der Waals surface area (Å²) < 4.78 is 44.6. The second-order valence-electron chi connectivity index (χ2n) is 3.70. The second-order valence-corrected chi connectivity index (χ2v) is 9.67. The van der Waals surface area contributed by atoms with Crippen molar-refractivity contribution in [1.29, 1.82) is 0 Å². The minimum Gasteiger partial charge on any atom is -0.373 e. The molecule has 0 saturated carbocycles. The molecule has 0 aromatic heterocycles. The zero-order valence-corrected chi connectivity index (χ0v) is 15.3. The molecule has 0 aliphatic carbocycles. The Morgan fingerprint density at radius 2 is 1.40 bits per heavy atom. The largest absolute Gasteiger partial charge is 0.511 e. The Bertz CT molecular complexity index is 319. The highest BCUT2D eigenvalue weighted by Crippen LogP contribution is 2.17. The Morgan fingerprint density at radius 3 is 1.80 bits per heavy atom. The topological polar surface area (TPSA) is 71.1 Å². The zero-order valence-electron chi connectivity index (χ0n) is 12.7. The fourth-order valence-corrected chi connectivity index (χ4v) is 7.42.